The summed E-state index contributed by atoms with van der Waals surface area (Å²) in [5.74, 6) is -10.1. The number of nitrogens with two attached hydrogens (primary N) is 3. The van der Waals surface area contributed by atoms with Crippen LogP contribution in [0.2, 0.25) is 0 Å². The Kier molecular flexibility index (Phi) is 8.26. The first-order chi connectivity index (χ1) is 23.5. The molecule has 0 spiro atoms. The van der Waals surface area contributed by atoms with Crippen LogP contribution in [0.3, 0.4) is 0 Å². The number of nitrogens with zero attached hydrogens (tertiary/aromatic N) is 6. The van der Waals surface area contributed by atoms with Crippen molar-refractivity contribution in [3.8, 4) is 11.8 Å². The molecular weight excluding hydrogens is 646 g/mol. The molecule has 6 rings (SSSR count). The Hall–Kier alpha value is -5.28. The SMILES string of the molecule is CN(C)c1cc(CN(Cc2ccn[nH]2)Cc2ccn[nH]2)c(O)c2c1C[C@@]1(N)C[C@@]3(N)[C@H](N(C)C)C(=O)C(C(N)=O)C(=O)[C@@]3(C#N)C(=O)C1C2=O. The van der Waals surface area contributed by atoms with Crippen molar-refractivity contribution in [2.24, 2.45) is 34.5 Å². The molecule has 2 heterocycles. The molecule has 2 unspecified atom stereocenters. The quantitative estimate of drug-likeness (QED) is 0.140. The molecule has 0 aliphatic heterocycles. The number of hydrogen-bond acceptors (Lipinski definition) is 14. The van der Waals surface area contributed by atoms with Gasteiger partial charge in [-0.05, 0) is 50.7 Å². The van der Waals surface area contributed by atoms with E-state index in [0.29, 0.717) is 29.9 Å². The number of aromatic hydroxyl groups is 1. The average molecular weight is 686 g/mol. The van der Waals surface area contributed by atoms with Gasteiger partial charge < -0.3 is 27.2 Å². The fraction of sp³-hybridized carbons (Fsp3) is 0.455. The lowest BCUT2D eigenvalue weighted by atomic mass is 9.42. The van der Waals surface area contributed by atoms with Gasteiger partial charge in [0.15, 0.2) is 34.5 Å². The molecule has 0 saturated heterocycles. The molecule has 0 radical (unpaired) electrons. The summed E-state index contributed by atoms with van der Waals surface area (Å²) < 4.78 is 0. The van der Waals surface area contributed by atoms with Crippen LogP contribution in [0.15, 0.2) is 30.6 Å². The molecule has 2 saturated carbocycles. The van der Waals surface area contributed by atoms with E-state index in [1.54, 1.807) is 43.5 Å². The van der Waals surface area contributed by atoms with Crippen LogP contribution in [0.25, 0.3) is 0 Å². The zero-order chi connectivity index (χ0) is 36.5. The molecule has 3 aromatic rings. The number of ketones is 4. The van der Waals surface area contributed by atoms with Crippen molar-refractivity contribution in [1.82, 2.24) is 30.2 Å². The highest BCUT2D eigenvalue weighted by Crippen LogP contribution is 2.57. The molecule has 9 N–H and O–H groups in total. The molecule has 17 heteroatoms. The molecule has 2 aromatic heterocycles. The fourth-order valence-electron chi connectivity index (χ4n) is 8.47. The van der Waals surface area contributed by atoms with Crippen LogP contribution in [-0.2, 0) is 45.2 Å². The van der Waals surface area contributed by atoms with Gasteiger partial charge in [-0.3, -0.25) is 44.0 Å². The summed E-state index contributed by atoms with van der Waals surface area (Å²) in [5, 5.41) is 36.4. The first-order valence-corrected chi connectivity index (χ1v) is 15.9. The first kappa shape index (κ1) is 34.6. The molecule has 6 atom stereocenters. The van der Waals surface area contributed by atoms with Gasteiger partial charge in [0, 0.05) is 74.3 Å². The number of likely N-dealkylation sites (N-methyl/N-ethyl adjacent to an activating group) is 1. The number of hydrogen-bond donors (Lipinski definition) is 6. The lowest BCUT2D eigenvalue weighted by Gasteiger charge is -2.60. The molecule has 2 fully saturated rings. The highest BCUT2D eigenvalue weighted by atomic mass is 16.3. The van der Waals surface area contributed by atoms with Crippen LogP contribution in [0.4, 0.5) is 5.69 Å². The van der Waals surface area contributed by atoms with Crippen LogP contribution >= 0.6 is 0 Å². The molecule has 17 nitrogen and oxygen atoms in total. The van der Waals surface area contributed by atoms with Crippen molar-refractivity contribution >= 4 is 34.7 Å². The van der Waals surface area contributed by atoms with E-state index in [9.17, 15) is 34.3 Å². The van der Waals surface area contributed by atoms with Crippen molar-refractivity contribution in [1.29, 1.82) is 5.26 Å². The standard InChI is InChI=1S/C33H39N11O6/c1-42(2)20-9-16(11-44(12-17-5-7-38-40-17)13-18-6-8-39-41-18)24(45)21-19(20)10-31(36)14-33(37)27(43(3)4)26(47)22(30(35)50)28(48)32(33,15-34)29(49)23(31)25(21)46/h5-9,22-23,27,45H,10-14,36-37H2,1-4H3,(H2,35,50)(H,38,40)(H,39,41)/t22?,23?,27-,31-,32+,33-/m1/s1. The van der Waals surface area contributed by atoms with Crippen molar-refractivity contribution < 1.29 is 29.1 Å². The minimum Gasteiger partial charge on any atom is -0.507 e. The third-order valence-corrected chi connectivity index (χ3v) is 10.4. The van der Waals surface area contributed by atoms with Crippen LogP contribution in [-0.4, -0.2) is 110 Å². The number of amides is 1. The summed E-state index contributed by atoms with van der Waals surface area (Å²) in [6.45, 7) is 0.898. The van der Waals surface area contributed by atoms with E-state index >= 15 is 0 Å². The van der Waals surface area contributed by atoms with E-state index < -0.39 is 69.8 Å². The van der Waals surface area contributed by atoms with Gasteiger partial charge in [0.1, 0.15) is 11.7 Å². The summed E-state index contributed by atoms with van der Waals surface area (Å²) in [4.78, 5) is 74.7. The molecular formula is C33H39N11O6. The summed E-state index contributed by atoms with van der Waals surface area (Å²) in [6.07, 6.45) is 2.58. The number of carbonyl (C=O) groups is 5. The number of phenolic OH excluding ortho intramolecular Hbond substituents is 1. The number of aromatic amines is 2. The number of rotatable bonds is 9. The number of Topliss-reactive ketones (excluding diaryl/α,β-unsaturated/α-hetero) is 4. The van der Waals surface area contributed by atoms with Gasteiger partial charge in [0.05, 0.1) is 23.2 Å². The van der Waals surface area contributed by atoms with Gasteiger partial charge in [-0.15, -0.1) is 0 Å². The van der Waals surface area contributed by atoms with Crippen LogP contribution in [0.1, 0.15) is 39.3 Å². The number of H-pyrrole nitrogens is 2. The predicted octanol–water partition coefficient (Wildman–Crippen LogP) is -1.48. The van der Waals surface area contributed by atoms with Crippen molar-refractivity contribution in [2.75, 3.05) is 33.1 Å². The smallest absolute Gasteiger partial charge is 0.235 e. The maximum absolute atomic E-state index is 14.8. The molecule has 1 aromatic carbocycles. The predicted molar refractivity (Wildman–Crippen MR) is 176 cm³/mol. The lowest BCUT2D eigenvalue weighted by molar-refractivity contribution is -0.166. The number of primary amides is 1. The number of nitriles is 1. The molecule has 50 heavy (non-hydrogen) atoms. The van der Waals surface area contributed by atoms with Gasteiger partial charge in [-0.2, -0.15) is 15.5 Å². The van der Waals surface area contributed by atoms with E-state index in [-0.39, 0.29) is 24.3 Å². The Labute approximate surface area is 286 Å². The van der Waals surface area contributed by atoms with Crippen molar-refractivity contribution in [3.05, 3.63) is 58.7 Å². The van der Waals surface area contributed by atoms with E-state index in [4.69, 9.17) is 17.2 Å². The Bertz CT molecular complexity index is 1920. The largest absolute Gasteiger partial charge is 0.507 e. The maximum atomic E-state index is 14.8. The van der Waals surface area contributed by atoms with Gasteiger partial charge in [-0.25, -0.2) is 0 Å². The molecule has 262 valence electrons. The third-order valence-electron chi connectivity index (χ3n) is 10.4. The van der Waals surface area contributed by atoms with E-state index in [0.717, 1.165) is 11.4 Å². The Morgan fingerprint density at radius 1 is 1.02 bits per heavy atom. The van der Waals surface area contributed by atoms with Gasteiger partial charge in [-0.1, -0.05) is 0 Å². The summed E-state index contributed by atoms with van der Waals surface area (Å²) in [6, 6.07) is 5.62. The first-order valence-electron chi connectivity index (χ1n) is 15.9. The van der Waals surface area contributed by atoms with Crippen LogP contribution < -0.4 is 22.1 Å². The van der Waals surface area contributed by atoms with Gasteiger partial charge in [0.25, 0.3) is 0 Å². The number of carbonyl (C=O) groups excluding carboxylic acids is 5. The summed E-state index contributed by atoms with van der Waals surface area (Å²) >= 11 is 0. The zero-order valence-electron chi connectivity index (χ0n) is 28.1. The second-order valence-electron chi connectivity index (χ2n) is 14.1. The second kappa shape index (κ2) is 11.9. The fourth-order valence-corrected chi connectivity index (χ4v) is 8.47. The zero-order valence-corrected chi connectivity index (χ0v) is 28.1. The maximum Gasteiger partial charge on any atom is 0.235 e. The third kappa shape index (κ3) is 4.86. The number of benzene rings is 1. The molecule has 1 amide bonds. The minimum atomic E-state index is -2.82. The number of phenols is 1. The Morgan fingerprint density at radius 3 is 2.10 bits per heavy atom. The van der Waals surface area contributed by atoms with Crippen molar-refractivity contribution in [2.45, 2.75) is 49.6 Å². The monoisotopic (exact) mass is 685 g/mol. The van der Waals surface area contributed by atoms with E-state index in [2.05, 4.69) is 20.4 Å². The Morgan fingerprint density at radius 2 is 1.62 bits per heavy atom. The van der Waals surface area contributed by atoms with Crippen molar-refractivity contribution in [3.63, 3.8) is 0 Å². The minimum absolute atomic E-state index is 0.136. The van der Waals surface area contributed by atoms with E-state index in [1.807, 2.05) is 17.0 Å². The number of aromatic nitrogens is 4. The molecule has 0 bridgehead atoms. The second-order valence-corrected chi connectivity index (χ2v) is 14.1. The van der Waals surface area contributed by atoms with Gasteiger partial charge in [0.2, 0.25) is 5.91 Å². The highest BCUT2D eigenvalue weighted by molar-refractivity contribution is 6.33. The van der Waals surface area contributed by atoms with Crippen LogP contribution in [0.5, 0.6) is 5.75 Å². The number of fused-ring (bicyclic) bond motifs is 3. The normalized spacial score (nSPS) is 29.1. The molecule has 3 aliphatic rings. The van der Waals surface area contributed by atoms with Gasteiger partial charge >= 0.3 is 0 Å². The highest BCUT2D eigenvalue weighted by Gasteiger charge is 2.78. The summed E-state index contributed by atoms with van der Waals surface area (Å²) in [5.41, 5.74) is 15.2. The van der Waals surface area contributed by atoms with Crippen LogP contribution in [0, 0.1) is 28.6 Å². The number of anilines is 1. The van der Waals surface area contributed by atoms with E-state index in [1.165, 1.54) is 19.0 Å². The average Bonchev–Trinajstić information content (AvgIpc) is 3.72. The lowest BCUT2D eigenvalue weighted by Crippen LogP contribution is -2.85. The molecule has 3 aliphatic carbocycles. The summed E-state index contributed by atoms with van der Waals surface area (Å²) in [7, 11) is 6.43. The number of nitrogens with one attached hydrogen (secondary N) is 2. The topological polar surface area (TPSA) is 275 Å². The Balaban J connectivity index is 1.50.